The van der Waals surface area contributed by atoms with E-state index in [4.69, 9.17) is 0 Å². The Morgan fingerprint density at radius 3 is 2.29 bits per heavy atom. The maximum atomic E-state index is 14.2. The average molecular weight is 459 g/mol. The molecule has 6 heteroatoms. The molecule has 3 aromatic rings. The molecule has 2 fully saturated rings. The fraction of sp³-hybridized carbons (Fsp3) is 0.429. The van der Waals surface area contributed by atoms with E-state index in [2.05, 4.69) is 35.9 Å². The molecule has 2 aliphatic heterocycles. The molecule has 0 aliphatic carbocycles. The van der Waals surface area contributed by atoms with Gasteiger partial charge in [-0.25, -0.2) is 0 Å². The van der Waals surface area contributed by atoms with Crippen LogP contribution in [0.25, 0.3) is 10.9 Å². The van der Waals surface area contributed by atoms with Crippen LogP contribution in [-0.4, -0.2) is 66.6 Å². The number of aryl methyl sites for hydroxylation is 1. The topological polar surface area (TPSA) is 48.8 Å². The molecule has 3 heterocycles. The summed E-state index contributed by atoms with van der Waals surface area (Å²) < 4.78 is 1.81. The summed E-state index contributed by atoms with van der Waals surface area (Å²) in [7, 11) is 2.12. The second-order valence-corrected chi connectivity index (χ2v) is 9.76. The molecule has 0 N–H and O–H groups in total. The van der Waals surface area contributed by atoms with Gasteiger partial charge in [0.05, 0.1) is 17.7 Å². The largest absolute Gasteiger partial charge is 0.368 e. The molecule has 34 heavy (non-hydrogen) atoms. The third kappa shape index (κ3) is 4.34. The molecule has 1 amide bonds. The van der Waals surface area contributed by atoms with Crippen LogP contribution in [0.5, 0.6) is 0 Å². The van der Waals surface area contributed by atoms with Crippen LogP contribution < -0.4 is 10.5 Å². The summed E-state index contributed by atoms with van der Waals surface area (Å²) in [6, 6.07) is 16.3. The fourth-order valence-electron chi connectivity index (χ4n) is 5.28. The molecule has 2 saturated heterocycles. The Labute approximate surface area is 201 Å². The Balaban J connectivity index is 1.74. The van der Waals surface area contributed by atoms with Gasteiger partial charge in [0.1, 0.15) is 5.56 Å². The highest BCUT2D eigenvalue weighted by Crippen LogP contribution is 2.32. The molecular formula is C28H34N4O2. The van der Waals surface area contributed by atoms with Crippen LogP contribution in [-0.2, 0) is 6.54 Å². The number of hydrogen-bond donors (Lipinski definition) is 0. The Kier molecular flexibility index (Phi) is 6.42. The number of amides is 1. The van der Waals surface area contributed by atoms with E-state index in [1.165, 1.54) is 0 Å². The lowest BCUT2D eigenvalue weighted by atomic mass is 10.0. The summed E-state index contributed by atoms with van der Waals surface area (Å²) in [6.07, 6.45) is 3.14. The van der Waals surface area contributed by atoms with Gasteiger partial charge in [0.2, 0.25) is 0 Å². The lowest BCUT2D eigenvalue weighted by molar-refractivity contribution is 0.0722. The number of hydrogen-bond acceptors (Lipinski definition) is 4. The predicted octanol–water partition coefficient (Wildman–Crippen LogP) is 3.74. The Hall–Kier alpha value is -3.12. The van der Waals surface area contributed by atoms with Crippen molar-refractivity contribution in [2.75, 3.05) is 51.2 Å². The van der Waals surface area contributed by atoms with Gasteiger partial charge in [0.25, 0.3) is 11.5 Å². The van der Waals surface area contributed by atoms with Crippen molar-refractivity contribution >= 4 is 22.5 Å². The number of carbonyl (C=O) groups excluding carboxylic acids is 1. The second-order valence-electron chi connectivity index (χ2n) is 9.76. The number of benzene rings is 2. The maximum Gasteiger partial charge on any atom is 0.266 e. The van der Waals surface area contributed by atoms with Gasteiger partial charge in [-0.2, -0.15) is 0 Å². The molecule has 0 unspecified atom stereocenters. The van der Waals surface area contributed by atoms with Crippen molar-refractivity contribution in [1.82, 2.24) is 14.4 Å². The minimum Gasteiger partial charge on any atom is -0.368 e. The van der Waals surface area contributed by atoms with E-state index in [9.17, 15) is 9.59 Å². The number of rotatable bonds is 4. The van der Waals surface area contributed by atoms with E-state index in [0.29, 0.717) is 12.1 Å². The first-order chi connectivity index (χ1) is 16.5. The van der Waals surface area contributed by atoms with Crippen molar-refractivity contribution in [1.29, 1.82) is 0 Å². The zero-order chi connectivity index (χ0) is 23.7. The number of piperidine rings is 1. The summed E-state index contributed by atoms with van der Waals surface area (Å²) in [5.74, 6) is -0.108. The summed E-state index contributed by atoms with van der Waals surface area (Å²) in [5, 5.41) is 1.00. The SMILES string of the molecule is Cc1ccc2c(c1)c(N1CCN(C)CC1)c(C(=O)N1CCCCC1)c(=O)n2Cc1ccccc1. The number of likely N-dealkylation sites (tertiary alicyclic amines) is 1. The van der Waals surface area contributed by atoms with Gasteiger partial charge in [-0.3, -0.25) is 9.59 Å². The molecule has 0 radical (unpaired) electrons. The fourth-order valence-corrected chi connectivity index (χ4v) is 5.28. The summed E-state index contributed by atoms with van der Waals surface area (Å²) in [5.41, 5.74) is 4.07. The van der Waals surface area contributed by atoms with Crippen molar-refractivity contribution in [3.05, 3.63) is 75.6 Å². The normalized spacial score (nSPS) is 17.4. The maximum absolute atomic E-state index is 14.2. The van der Waals surface area contributed by atoms with Gasteiger partial charge >= 0.3 is 0 Å². The molecule has 0 atom stereocenters. The number of likely N-dealkylation sites (N-methyl/N-ethyl adjacent to an activating group) is 1. The van der Waals surface area contributed by atoms with Crippen LogP contribution in [0.2, 0.25) is 0 Å². The lowest BCUT2D eigenvalue weighted by Crippen LogP contribution is -2.47. The van der Waals surface area contributed by atoms with Crippen LogP contribution in [0.15, 0.2) is 53.3 Å². The van der Waals surface area contributed by atoms with Crippen molar-refractivity contribution in [3.63, 3.8) is 0 Å². The Morgan fingerprint density at radius 2 is 1.59 bits per heavy atom. The molecule has 1 aromatic heterocycles. The monoisotopic (exact) mass is 458 g/mol. The van der Waals surface area contributed by atoms with Crippen LogP contribution in [0.1, 0.15) is 40.7 Å². The number of aromatic nitrogens is 1. The van der Waals surface area contributed by atoms with Crippen LogP contribution in [0.4, 0.5) is 5.69 Å². The minimum atomic E-state index is -0.176. The molecule has 0 saturated carbocycles. The van der Waals surface area contributed by atoms with Gasteiger partial charge in [-0.1, -0.05) is 42.0 Å². The summed E-state index contributed by atoms with van der Waals surface area (Å²) in [6.45, 7) is 7.42. The van der Waals surface area contributed by atoms with E-state index >= 15 is 0 Å². The highest BCUT2D eigenvalue weighted by Gasteiger charge is 2.31. The van der Waals surface area contributed by atoms with E-state index in [1.807, 2.05) is 41.3 Å². The lowest BCUT2D eigenvalue weighted by Gasteiger charge is -2.37. The molecule has 5 rings (SSSR count). The van der Waals surface area contributed by atoms with Crippen LogP contribution >= 0.6 is 0 Å². The van der Waals surface area contributed by atoms with Gasteiger partial charge in [0, 0.05) is 44.7 Å². The number of carbonyl (C=O) groups is 1. The van der Waals surface area contributed by atoms with E-state index in [-0.39, 0.29) is 11.5 Å². The zero-order valence-corrected chi connectivity index (χ0v) is 20.3. The molecule has 6 nitrogen and oxygen atoms in total. The van der Waals surface area contributed by atoms with Crippen molar-refractivity contribution in [2.24, 2.45) is 0 Å². The quantitative estimate of drug-likeness (QED) is 0.598. The van der Waals surface area contributed by atoms with Gasteiger partial charge in [-0.15, -0.1) is 0 Å². The highest BCUT2D eigenvalue weighted by molar-refractivity contribution is 6.07. The molecular weight excluding hydrogens is 424 g/mol. The van der Waals surface area contributed by atoms with E-state index in [0.717, 1.165) is 86.2 Å². The standard InChI is InChI=1S/C28H34N4O2/c1-21-11-12-24-23(19-21)26(30-17-15-29(2)16-18-30)25(27(33)31-13-7-4-8-14-31)28(34)32(24)20-22-9-5-3-6-10-22/h3,5-6,9-12,19H,4,7-8,13-18,20H2,1-2H3. The van der Waals surface area contributed by atoms with E-state index < -0.39 is 0 Å². The van der Waals surface area contributed by atoms with Crippen molar-refractivity contribution in [2.45, 2.75) is 32.7 Å². The van der Waals surface area contributed by atoms with E-state index in [1.54, 1.807) is 4.57 Å². The number of piperazine rings is 1. The number of nitrogens with zero attached hydrogens (tertiary/aromatic N) is 4. The minimum absolute atomic E-state index is 0.108. The number of pyridine rings is 1. The molecule has 2 aromatic carbocycles. The Bertz CT molecular complexity index is 1240. The molecule has 2 aliphatic rings. The zero-order valence-electron chi connectivity index (χ0n) is 20.3. The predicted molar refractivity (Wildman–Crippen MR) is 138 cm³/mol. The number of fused-ring (bicyclic) bond motifs is 1. The van der Waals surface area contributed by atoms with Gasteiger partial charge in [0.15, 0.2) is 0 Å². The third-order valence-corrected chi connectivity index (χ3v) is 7.25. The van der Waals surface area contributed by atoms with Gasteiger partial charge < -0.3 is 19.3 Å². The average Bonchev–Trinajstić information content (AvgIpc) is 2.87. The molecule has 178 valence electrons. The van der Waals surface area contributed by atoms with Crippen molar-refractivity contribution in [3.8, 4) is 0 Å². The second kappa shape index (κ2) is 9.63. The first-order valence-corrected chi connectivity index (χ1v) is 12.5. The first kappa shape index (κ1) is 22.7. The van der Waals surface area contributed by atoms with Crippen LogP contribution in [0.3, 0.4) is 0 Å². The molecule has 0 spiro atoms. The highest BCUT2D eigenvalue weighted by atomic mass is 16.2. The van der Waals surface area contributed by atoms with Gasteiger partial charge in [-0.05, 0) is 50.9 Å². The third-order valence-electron chi connectivity index (χ3n) is 7.25. The smallest absolute Gasteiger partial charge is 0.266 e. The number of anilines is 1. The molecule has 0 bridgehead atoms. The summed E-state index contributed by atoms with van der Waals surface area (Å²) >= 11 is 0. The Morgan fingerprint density at radius 1 is 0.882 bits per heavy atom. The van der Waals surface area contributed by atoms with Crippen molar-refractivity contribution < 1.29 is 4.79 Å². The first-order valence-electron chi connectivity index (χ1n) is 12.5. The van der Waals surface area contributed by atoms with Crippen LogP contribution in [0, 0.1) is 6.92 Å². The summed E-state index contributed by atoms with van der Waals surface area (Å²) in [4.78, 5) is 34.6.